The van der Waals surface area contributed by atoms with E-state index in [4.69, 9.17) is 18.1 Å². The molecule has 18 heteroatoms. The fourth-order valence-electron chi connectivity index (χ4n) is 6.81. The van der Waals surface area contributed by atoms with Gasteiger partial charge in [0.05, 0.1) is 54.5 Å². The number of nitrogens with zero attached hydrogens (tertiary/aromatic N) is 2. The molecule has 6 N–H and O–H groups in total. The Bertz CT molecular complexity index is 2150. The largest absolute Gasteiger partial charge is 0.756 e. The van der Waals surface area contributed by atoms with E-state index in [0.717, 1.165) is 55.5 Å². The standard InChI is InChI=1S/C24H36NO6P.C22H32NO8P/c1-19-15-20(2)17-22(16-19)7-5-11-25(3,4)12-14-31-32(28,29)30-13-6-8-21-9-10-23(26)24(27)18-21;1-23(2,11-3-5-17-7-9-19(24)21(26)15-17)12-14-31-32(28,29)30-13-4-6-18-8-10-20(25)22(27)16-18/h9-10,15-18H,5-8,11-14H2,1-4H3,(H2-,26,27,28,29);7-10,15-16H,3-6,11-14H2,1-2H3,(H4-,24,25,26,27,28,29). The number of rotatable bonds is 26. The van der Waals surface area contributed by atoms with Gasteiger partial charge in [-0.15, -0.1) is 0 Å². The van der Waals surface area contributed by atoms with Crippen LogP contribution in [-0.4, -0.2) is 120 Å². The molecule has 4 aromatic rings. The molecular formula is C46H68N2O14P2. The molecule has 64 heavy (non-hydrogen) atoms. The summed E-state index contributed by atoms with van der Waals surface area (Å²) in [6.07, 6.45) is 5.39. The van der Waals surface area contributed by atoms with E-state index in [1.165, 1.54) is 53.1 Å². The second-order valence-electron chi connectivity index (χ2n) is 17.4. The Morgan fingerprint density at radius 1 is 0.422 bits per heavy atom. The Labute approximate surface area is 377 Å². The van der Waals surface area contributed by atoms with Crippen LogP contribution in [0.3, 0.4) is 0 Å². The number of hydrogen-bond acceptors (Lipinski definition) is 14. The van der Waals surface area contributed by atoms with E-state index in [9.17, 15) is 49.6 Å². The van der Waals surface area contributed by atoms with Crippen LogP contribution in [0.25, 0.3) is 0 Å². The number of aryl methyl sites for hydroxylation is 6. The zero-order valence-electron chi connectivity index (χ0n) is 38.0. The zero-order chi connectivity index (χ0) is 47.6. The Morgan fingerprint density at radius 2 is 0.734 bits per heavy atom. The summed E-state index contributed by atoms with van der Waals surface area (Å²) >= 11 is 0. The molecule has 0 amide bonds. The van der Waals surface area contributed by atoms with Crippen molar-refractivity contribution in [2.45, 2.75) is 65.2 Å². The van der Waals surface area contributed by atoms with E-state index in [1.807, 2.05) is 14.1 Å². The number of hydrogen-bond donors (Lipinski definition) is 6. The smallest absolute Gasteiger partial charge is 0.268 e. The highest BCUT2D eigenvalue weighted by Crippen LogP contribution is 2.39. The maximum Gasteiger partial charge on any atom is 0.268 e. The number of phosphoric acid groups is 2. The van der Waals surface area contributed by atoms with Crippen molar-refractivity contribution in [3.8, 4) is 34.5 Å². The molecule has 0 heterocycles. The normalized spacial score (nSPS) is 13.8. The fraction of sp³-hybridized carbons (Fsp3) is 0.478. The minimum Gasteiger partial charge on any atom is -0.756 e. The highest BCUT2D eigenvalue weighted by molar-refractivity contribution is 7.46. The molecule has 0 saturated carbocycles. The van der Waals surface area contributed by atoms with Gasteiger partial charge in [0.2, 0.25) is 0 Å². The summed E-state index contributed by atoms with van der Waals surface area (Å²) in [7, 11) is -0.678. The summed E-state index contributed by atoms with van der Waals surface area (Å²) in [5, 5.41) is 56.5. The number of quaternary nitrogens is 2. The number of phosphoric ester groups is 2. The van der Waals surface area contributed by atoms with Crippen molar-refractivity contribution in [3.63, 3.8) is 0 Å². The number of benzene rings is 4. The maximum absolute atomic E-state index is 12.0. The molecule has 0 spiro atoms. The van der Waals surface area contributed by atoms with Gasteiger partial charge in [0, 0.05) is 12.8 Å². The molecule has 0 aromatic heterocycles. The second-order valence-corrected chi connectivity index (χ2v) is 20.2. The lowest BCUT2D eigenvalue weighted by molar-refractivity contribution is -0.890. The van der Waals surface area contributed by atoms with Crippen LogP contribution < -0.4 is 9.79 Å². The van der Waals surface area contributed by atoms with Gasteiger partial charge in [0.25, 0.3) is 15.6 Å². The summed E-state index contributed by atoms with van der Waals surface area (Å²) < 4.78 is 45.0. The molecule has 0 bridgehead atoms. The monoisotopic (exact) mass is 934 g/mol. The molecule has 0 radical (unpaired) electrons. The molecule has 2 atom stereocenters. The van der Waals surface area contributed by atoms with Gasteiger partial charge in [-0.2, -0.15) is 0 Å². The first kappa shape index (κ1) is 54.2. The van der Waals surface area contributed by atoms with Crippen LogP contribution in [0.2, 0.25) is 0 Å². The highest BCUT2D eigenvalue weighted by atomic mass is 31.2. The van der Waals surface area contributed by atoms with Crippen LogP contribution in [0.15, 0.2) is 72.8 Å². The van der Waals surface area contributed by atoms with Gasteiger partial charge in [-0.05, 0) is 111 Å². The van der Waals surface area contributed by atoms with Crippen LogP contribution in [0.4, 0.5) is 0 Å². The fourth-order valence-corrected chi connectivity index (χ4v) is 8.28. The Balaban J connectivity index is 0.000000340. The van der Waals surface area contributed by atoms with Gasteiger partial charge in [0.1, 0.15) is 26.3 Å². The molecule has 0 saturated heterocycles. The van der Waals surface area contributed by atoms with Gasteiger partial charge < -0.3 is 67.5 Å². The molecule has 0 aliphatic heterocycles. The van der Waals surface area contributed by atoms with Gasteiger partial charge in [0.15, 0.2) is 34.5 Å². The molecule has 16 nitrogen and oxygen atoms in total. The van der Waals surface area contributed by atoms with Gasteiger partial charge >= 0.3 is 0 Å². The SMILES string of the molecule is C[N+](C)(CCCc1ccc(O)c(O)c1)CCOP(=O)([O-])OCCCc1ccc(O)c(O)c1.Cc1cc(C)cc(CCC[N+](C)(C)CCOP(=O)([O-])OCCCc2ccc(O)c(O)c2)c1. The molecule has 0 fully saturated rings. The first-order valence-corrected chi connectivity index (χ1v) is 24.3. The first-order chi connectivity index (χ1) is 29.9. The van der Waals surface area contributed by atoms with Gasteiger partial charge in [-0.3, -0.25) is 9.13 Å². The number of phenols is 6. The van der Waals surface area contributed by atoms with E-state index in [-0.39, 0.29) is 60.9 Å². The summed E-state index contributed by atoms with van der Waals surface area (Å²) in [5.41, 5.74) is 6.33. The number of likely N-dealkylation sites (N-methyl/N-ethyl adjacent to an activating group) is 2. The van der Waals surface area contributed by atoms with Crippen molar-refractivity contribution in [1.82, 2.24) is 0 Å². The summed E-state index contributed by atoms with van der Waals surface area (Å²) in [4.78, 5) is 23.9. The summed E-state index contributed by atoms with van der Waals surface area (Å²) in [5.74, 6) is -1.10. The van der Waals surface area contributed by atoms with Crippen LogP contribution in [0, 0.1) is 13.8 Å². The van der Waals surface area contributed by atoms with E-state index >= 15 is 0 Å². The first-order valence-electron chi connectivity index (χ1n) is 21.4. The van der Waals surface area contributed by atoms with Gasteiger partial charge in [-0.1, -0.05) is 47.5 Å². The number of phenolic OH excluding ortho intramolecular Hbond substituents is 6. The van der Waals surface area contributed by atoms with Crippen molar-refractivity contribution in [2.75, 3.05) is 80.8 Å². The second kappa shape index (κ2) is 25.5. The van der Waals surface area contributed by atoms with Crippen molar-refractivity contribution in [3.05, 3.63) is 106 Å². The van der Waals surface area contributed by atoms with E-state index < -0.39 is 15.6 Å². The third kappa shape index (κ3) is 21.7. The molecule has 0 aliphatic carbocycles. The summed E-state index contributed by atoms with van der Waals surface area (Å²) in [6.45, 7) is 6.97. The average molecular weight is 935 g/mol. The number of aromatic hydroxyl groups is 6. The lowest BCUT2D eigenvalue weighted by Crippen LogP contribution is -2.43. The van der Waals surface area contributed by atoms with E-state index in [0.29, 0.717) is 47.7 Å². The Hall–Kier alpha value is -4.18. The molecule has 2 unspecified atom stereocenters. The van der Waals surface area contributed by atoms with E-state index in [2.05, 4.69) is 46.1 Å². The van der Waals surface area contributed by atoms with Crippen LogP contribution in [0.1, 0.15) is 59.1 Å². The quantitative estimate of drug-likeness (QED) is 0.0170. The van der Waals surface area contributed by atoms with Crippen molar-refractivity contribution < 1.29 is 76.6 Å². The predicted octanol–water partition coefficient (Wildman–Crippen LogP) is 6.51. The Kier molecular flexibility index (Phi) is 21.6. The minimum absolute atomic E-state index is 0.000387. The molecule has 4 rings (SSSR count). The Morgan fingerprint density at radius 3 is 1.08 bits per heavy atom. The zero-order valence-corrected chi connectivity index (χ0v) is 39.8. The third-order valence-corrected chi connectivity index (χ3v) is 12.5. The van der Waals surface area contributed by atoms with Crippen molar-refractivity contribution in [2.24, 2.45) is 0 Å². The highest BCUT2D eigenvalue weighted by Gasteiger charge is 2.19. The lowest BCUT2D eigenvalue weighted by Gasteiger charge is -2.31. The molecule has 356 valence electrons. The minimum atomic E-state index is -4.40. The molecular weight excluding hydrogens is 866 g/mol. The van der Waals surface area contributed by atoms with E-state index in [1.54, 1.807) is 18.2 Å². The lowest BCUT2D eigenvalue weighted by atomic mass is 10.0. The van der Waals surface area contributed by atoms with Crippen molar-refractivity contribution >= 4 is 15.6 Å². The van der Waals surface area contributed by atoms with Crippen LogP contribution in [-0.2, 0) is 52.9 Å². The molecule has 4 aromatic carbocycles. The van der Waals surface area contributed by atoms with Crippen LogP contribution >= 0.6 is 15.6 Å². The predicted molar refractivity (Wildman–Crippen MR) is 241 cm³/mol. The third-order valence-electron chi connectivity index (χ3n) is 10.5. The van der Waals surface area contributed by atoms with Crippen LogP contribution in [0.5, 0.6) is 34.5 Å². The summed E-state index contributed by atoms with van der Waals surface area (Å²) in [6, 6.07) is 20.3. The van der Waals surface area contributed by atoms with Gasteiger partial charge in [-0.25, -0.2) is 0 Å². The van der Waals surface area contributed by atoms with Crippen molar-refractivity contribution in [1.29, 1.82) is 0 Å². The maximum atomic E-state index is 12.0. The topological polar surface area (TPSA) is 239 Å². The molecule has 0 aliphatic rings. The average Bonchev–Trinajstić information content (AvgIpc) is 3.18.